The molecule has 1 saturated heterocycles. The van der Waals surface area contributed by atoms with Gasteiger partial charge in [0.2, 0.25) is 10.0 Å². The first-order valence-corrected chi connectivity index (χ1v) is 8.87. The van der Waals surface area contributed by atoms with E-state index in [1.807, 2.05) is 6.92 Å². The zero-order valence-electron chi connectivity index (χ0n) is 12.0. The molecule has 118 valence electrons. The molecule has 1 unspecified atom stereocenters. The summed E-state index contributed by atoms with van der Waals surface area (Å²) in [5.74, 6) is 0.369. The number of halogens is 1. The maximum absolute atomic E-state index is 12.2. The molecule has 3 N–H and O–H groups in total. The van der Waals surface area contributed by atoms with Crippen LogP contribution < -0.4 is 10.5 Å². The van der Waals surface area contributed by atoms with Gasteiger partial charge in [-0.25, -0.2) is 18.1 Å². The predicted octanol–water partition coefficient (Wildman–Crippen LogP) is 1.33. The highest BCUT2D eigenvalue weighted by Crippen LogP contribution is 2.19. The minimum atomic E-state index is -3.60. The fourth-order valence-electron chi connectivity index (χ4n) is 2.38. The second-order valence-electron chi connectivity index (χ2n) is 5.50. The highest BCUT2D eigenvalue weighted by atomic mass is 35.5. The Morgan fingerprint density at radius 3 is 2.76 bits per heavy atom. The van der Waals surface area contributed by atoms with Crippen molar-refractivity contribution in [2.45, 2.75) is 24.7 Å². The van der Waals surface area contributed by atoms with E-state index >= 15 is 0 Å². The highest BCUT2D eigenvalue weighted by molar-refractivity contribution is 7.89. The normalized spacial score (nSPS) is 18.0. The minimum absolute atomic E-state index is 0.0371. The number of hydrogen-bond donors (Lipinski definition) is 2. The first-order chi connectivity index (χ1) is 9.88. The van der Waals surface area contributed by atoms with Gasteiger partial charge in [-0.15, -0.1) is 0 Å². The van der Waals surface area contributed by atoms with Crippen LogP contribution in [0.3, 0.4) is 0 Å². The van der Waals surface area contributed by atoms with Gasteiger partial charge in [0.05, 0.1) is 5.02 Å². The van der Waals surface area contributed by atoms with Crippen molar-refractivity contribution in [1.29, 1.82) is 0 Å². The molecule has 1 aromatic heterocycles. The van der Waals surface area contributed by atoms with Crippen molar-refractivity contribution >= 4 is 27.4 Å². The fraction of sp³-hybridized carbons (Fsp3) is 0.615. The van der Waals surface area contributed by atoms with E-state index in [-0.39, 0.29) is 21.7 Å². The quantitative estimate of drug-likeness (QED) is 0.820. The molecule has 0 bridgehead atoms. The molecule has 0 radical (unpaired) electrons. The highest BCUT2D eigenvalue weighted by Gasteiger charge is 2.19. The molecule has 0 aliphatic carbocycles. The number of rotatable bonds is 6. The second-order valence-corrected chi connectivity index (χ2v) is 7.68. The number of hydrogen-bond acceptors (Lipinski definition) is 5. The molecule has 1 aliphatic heterocycles. The van der Waals surface area contributed by atoms with Crippen molar-refractivity contribution in [3.63, 3.8) is 0 Å². The Kier molecular flexibility index (Phi) is 5.43. The van der Waals surface area contributed by atoms with Crippen LogP contribution >= 0.6 is 11.6 Å². The van der Waals surface area contributed by atoms with Gasteiger partial charge in [-0.2, -0.15) is 0 Å². The average molecular weight is 333 g/mol. The van der Waals surface area contributed by atoms with Gasteiger partial charge in [0.1, 0.15) is 10.7 Å². The zero-order chi connectivity index (χ0) is 15.5. The van der Waals surface area contributed by atoms with Crippen LogP contribution in [0.4, 0.5) is 5.82 Å². The largest absolute Gasteiger partial charge is 0.382 e. The van der Waals surface area contributed by atoms with E-state index in [2.05, 4.69) is 14.6 Å². The molecule has 0 aromatic carbocycles. The first kappa shape index (κ1) is 16.5. The van der Waals surface area contributed by atoms with Gasteiger partial charge in [-0.3, -0.25) is 0 Å². The molecule has 21 heavy (non-hydrogen) atoms. The summed E-state index contributed by atoms with van der Waals surface area (Å²) in [5, 5.41) is 0.142. The Morgan fingerprint density at radius 2 is 2.14 bits per heavy atom. The molecule has 8 heteroatoms. The number of anilines is 1. The number of nitrogens with zero attached hydrogens (tertiary/aromatic N) is 2. The second kappa shape index (κ2) is 6.91. The maximum atomic E-state index is 12.2. The van der Waals surface area contributed by atoms with Crippen LogP contribution in [0.2, 0.25) is 5.02 Å². The molecular formula is C13H21ClN4O2S. The summed E-state index contributed by atoms with van der Waals surface area (Å²) in [6.07, 6.45) is 3.68. The molecule has 2 rings (SSSR count). The first-order valence-electron chi connectivity index (χ1n) is 7.01. The van der Waals surface area contributed by atoms with Crippen LogP contribution in [-0.2, 0) is 10.0 Å². The summed E-state index contributed by atoms with van der Waals surface area (Å²) in [5.41, 5.74) is 5.48. The van der Waals surface area contributed by atoms with Gasteiger partial charge in [0, 0.05) is 19.3 Å². The standard InChI is InChI=1S/C13H21ClN4O2S/c1-10(9-18-4-2-3-5-18)7-17-21(19,20)11-6-12(14)13(15)16-8-11/h6,8,10,17H,2-5,7,9H2,1H3,(H2,15,16). The third-order valence-corrected chi connectivity index (χ3v) is 5.24. The molecule has 1 aliphatic rings. The Balaban J connectivity index is 1.92. The van der Waals surface area contributed by atoms with Crippen LogP contribution in [0, 0.1) is 5.92 Å². The van der Waals surface area contributed by atoms with Crippen molar-refractivity contribution in [2.75, 3.05) is 31.9 Å². The molecule has 0 spiro atoms. The lowest BCUT2D eigenvalue weighted by molar-refractivity contribution is 0.288. The maximum Gasteiger partial charge on any atom is 0.242 e. The number of nitrogens with two attached hydrogens (primary N) is 1. The van der Waals surface area contributed by atoms with Crippen molar-refractivity contribution in [1.82, 2.24) is 14.6 Å². The Morgan fingerprint density at radius 1 is 1.48 bits per heavy atom. The summed E-state index contributed by atoms with van der Waals surface area (Å²) >= 11 is 5.81. The van der Waals surface area contributed by atoms with E-state index in [1.165, 1.54) is 25.1 Å². The molecule has 1 fully saturated rings. The number of pyridine rings is 1. The molecule has 0 amide bonds. The van der Waals surface area contributed by atoms with Crippen molar-refractivity contribution in [2.24, 2.45) is 5.92 Å². The van der Waals surface area contributed by atoms with Gasteiger partial charge >= 0.3 is 0 Å². The lowest BCUT2D eigenvalue weighted by Gasteiger charge is -2.20. The van der Waals surface area contributed by atoms with Crippen molar-refractivity contribution in [3.05, 3.63) is 17.3 Å². The average Bonchev–Trinajstić information content (AvgIpc) is 2.92. The lowest BCUT2D eigenvalue weighted by atomic mass is 10.2. The fourth-order valence-corrected chi connectivity index (χ4v) is 3.75. The van der Waals surface area contributed by atoms with E-state index < -0.39 is 10.0 Å². The Labute approximate surface area is 130 Å². The Hall–Kier alpha value is -0.890. The van der Waals surface area contributed by atoms with E-state index in [9.17, 15) is 8.42 Å². The zero-order valence-corrected chi connectivity index (χ0v) is 13.6. The molecule has 2 heterocycles. The number of nitrogen functional groups attached to an aromatic ring is 1. The molecule has 1 atom stereocenters. The van der Waals surface area contributed by atoms with Gasteiger partial charge < -0.3 is 10.6 Å². The van der Waals surface area contributed by atoms with Gasteiger partial charge in [-0.1, -0.05) is 18.5 Å². The van der Waals surface area contributed by atoms with Gasteiger partial charge in [-0.05, 0) is 37.9 Å². The lowest BCUT2D eigenvalue weighted by Crippen LogP contribution is -2.34. The molecule has 1 aromatic rings. The van der Waals surface area contributed by atoms with Crippen LogP contribution in [0.25, 0.3) is 0 Å². The van der Waals surface area contributed by atoms with Crippen LogP contribution in [0.15, 0.2) is 17.2 Å². The topological polar surface area (TPSA) is 88.3 Å². The molecule has 0 saturated carbocycles. The SMILES string of the molecule is CC(CNS(=O)(=O)c1cnc(N)c(Cl)c1)CN1CCCC1. The van der Waals surface area contributed by atoms with E-state index in [4.69, 9.17) is 17.3 Å². The third-order valence-electron chi connectivity index (χ3n) is 3.55. The monoisotopic (exact) mass is 332 g/mol. The van der Waals surface area contributed by atoms with Crippen LogP contribution in [-0.4, -0.2) is 44.5 Å². The molecule has 6 nitrogen and oxygen atoms in total. The summed E-state index contributed by atoms with van der Waals surface area (Å²) < 4.78 is 26.9. The number of sulfonamides is 1. The smallest absolute Gasteiger partial charge is 0.242 e. The van der Waals surface area contributed by atoms with E-state index in [0.29, 0.717) is 6.54 Å². The summed E-state index contributed by atoms with van der Waals surface area (Å²) in [7, 11) is -3.60. The number of nitrogens with one attached hydrogen (secondary N) is 1. The van der Waals surface area contributed by atoms with Gasteiger partial charge in [0.25, 0.3) is 0 Å². The van der Waals surface area contributed by atoms with Crippen LogP contribution in [0.1, 0.15) is 19.8 Å². The van der Waals surface area contributed by atoms with Crippen LogP contribution in [0.5, 0.6) is 0 Å². The van der Waals surface area contributed by atoms with E-state index in [0.717, 1.165) is 19.6 Å². The number of aromatic nitrogens is 1. The third kappa shape index (κ3) is 4.54. The summed E-state index contributed by atoms with van der Waals surface area (Å²) in [6.45, 7) is 5.54. The number of likely N-dealkylation sites (tertiary alicyclic amines) is 1. The van der Waals surface area contributed by atoms with Crippen molar-refractivity contribution < 1.29 is 8.42 Å². The summed E-state index contributed by atoms with van der Waals surface area (Å²) in [4.78, 5) is 6.17. The van der Waals surface area contributed by atoms with Crippen molar-refractivity contribution in [3.8, 4) is 0 Å². The van der Waals surface area contributed by atoms with Gasteiger partial charge in [0.15, 0.2) is 0 Å². The predicted molar refractivity (Wildman–Crippen MR) is 83.7 cm³/mol. The Bertz CT molecular complexity index is 588. The molecular weight excluding hydrogens is 312 g/mol. The summed E-state index contributed by atoms with van der Waals surface area (Å²) in [6, 6.07) is 1.32. The van der Waals surface area contributed by atoms with E-state index in [1.54, 1.807) is 0 Å². The minimum Gasteiger partial charge on any atom is -0.382 e.